The van der Waals surface area contributed by atoms with Crippen molar-refractivity contribution in [3.63, 3.8) is 0 Å². The van der Waals surface area contributed by atoms with Gasteiger partial charge in [0, 0.05) is 0 Å². The Bertz CT molecular complexity index is 143. The van der Waals surface area contributed by atoms with Gasteiger partial charge in [0.1, 0.15) is 0 Å². The van der Waals surface area contributed by atoms with Crippen LogP contribution in [0, 0.1) is 0 Å². The van der Waals surface area contributed by atoms with Gasteiger partial charge in [0.25, 0.3) is 0 Å². The summed E-state index contributed by atoms with van der Waals surface area (Å²) in [7, 11) is 0. The first-order valence-electron chi connectivity index (χ1n) is 7.95. The molecule has 120 valence electrons. The monoisotopic (exact) mass is 295 g/mol. The molecule has 0 aliphatic rings. The summed E-state index contributed by atoms with van der Waals surface area (Å²) >= 11 is 0. The third-order valence-electron chi connectivity index (χ3n) is 3.48. The van der Waals surface area contributed by atoms with Crippen LogP contribution < -0.4 is 6.15 Å². The molecule has 0 amide bonds. The molecule has 0 fully saturated rings. The van der Waals surface area contributed by atoms with Gasteiger partial charge in [-0.05, 0) is 13.3 Å². The van der Waals surface area contributed by atoms with E-state index >= 15 is 0 Å². The molecular formula is C16H38ClNO. The lowest BCUT2D eigenvalue weighted by atomic mass is 10.0. The Morgan fingerprint density at radius 1 is 0.684 bits per heavy atom. The average molecular weight is 296 g/mol. The summed E-state index contributed by atoms with van der Waals surface area (Å²) in [4.78, 5) is 0. The zero-order chi connectivity index (χ0) is 12.8. The number of aliphatic hydroxyl groups excluding tert-OH is 1. The second-order valence-corrected chi connectivity index (χ2v) is 5.53. The zero-order valence-corrected chi connectivity index (χ0v) is 14.1. The Morgan fingerprint density at radius 2 is 1.00 bits per heavy atom. The van der Waals surface area contributed by atoms with Crippen LogP contribution in [0.1, 0.15) is 97.3 Å². The van der Waals surface area contributed by atoms with Crippen LogP contribution in [0.5, 0.6) is 0 Å². The molecule has 0 aromatic rings. The molecule has 2 nitrogen and oxygen atoms in total. The minimum absolute atomic E-state index is 0. The van der Waals surface area contributed by atoms with E-state index in [4.69, 9.17) is 5.11 Å². The van der Waals surface area contributed by atoms with E-state index in [-0.39, 0.29) is 24.7 Å². The summed E-state index contributed by atoms with van der Waals surface area (Å²) in [6.07, 6.45) is 17.6. The highest BCUT2D eigenvalue weighted by Gasteiger charge is 1.96. The van der Waals surface area contributed by atoms with E-state index in [1.165, 1.54) is 77.0 Å². The van der Waals surface area contributed by atoms with E-state index in [1.807, 2.05) is 6.92 Å². The van der Waals surface area contributed by atoms with Crippen LogP contribution >= 0.6 is 12.4 Å². The highest BCUT2D eigenvalue weighted by Crippen LogP contribution is 2.12. The van der Waals surface area contributed by atoms with Gasteiger partial charge in [0.15, 0.2) is 0 Å². The molecule has 0 radical (unpaired) electrons. The number of hydrogen-bond donors (Lipinski definition) is 2. The maximum absolute atomic E-state index is 9.11. The fourth-order valence-electron chi connectivity index (χ4n) is 2.28. The van der Waals surface area contributed by atoms with Gasteiger partial charge in [0.05, 0.1) is 6.10 Å². The van der Waals surface area contributed by atoms with Gasteiger partial charge in [0.2, 0.25) is 0 Å². The van der Waals surface area contributed by atoms with Crippen molar-refractivity contribution in [3.8, 4) is 0 Å². The number of aliphatic hydroxyl groups is 1. The Hall–Kier alpha value is 0.210. The van der Waals surface area contributed by atoms with Crippen molar-refractivity contribution in [2.75, 3.05) is 0 Å². The van der Waals surface area contributed by atoms with Crippen LogP contribution in [-0.4, -0.2) is 11.2 Å². The number of rotatable bonds is 13. The van der Waals surface area contributed by atoms with Crippen molar-refractivity contribution in [3.05, 3.63) is 0 Å². The fraction of sp³-hybridized carbons (Fsp3) is 1.00. The molecule has 0 spiro atoms. The largest absolute Gasteiger partial charge is 0.393 e. The average Bonchev–Trinajstić information content (AvgIpc) is 2.30. The van der Waals surface area contributed by atoms with Gasteiger partial charge in [-0.25, -0.2) is 0 Å². The predicted octanol–water partition coefficient (Wildman–Crippen LogP) is 6.04. The second-order valence-electron chi connectivity index (χ2n) is 5.53. The van der Waals surface area contributed by atoms with Gasteiger partial charge in [-0.15, -0.1) is 12.4 Å². The van der Waals surface area contributed by atoms with Crippen LogP contribution in [0.2, 0.25) is 0 Å². The molecule has 0 saturated carbocycles. The van der Waals surface area contributed by atoms with E-state index in [0.29, 0.717) is 0 Å². The summed E-state index contributed by atoms with van der Waals surface area (Å²) in [5.74, 6) is 0. The summed E-state index contributed by atoms with van der Waals surface area (Å²) in [6, 6.07) is 0. The van der Waals surface area contributed by atoms with Crippen LogP contribution in [-0.2, 0) is 0 Å². The Kier molecular flexibility index (Phi) is 26.2. The molecule has 0 bridgehead atoms. The summed E-state index contributed by atoms with van der Waals surface area (Å²) < 4.78 is 0. The van der Waals surface area contributed by atoms with E-state index in [2.05, 4.69) is 6.92 Å². The maximum atomic E-state index is 9.11. The van der Waals surface area contributed by atoms with E-state index in [1.54, 1.807) is 0 Å². The first-order chi connectivity index (χ1) is 8.27. The molecule has 0 heterocycles. The minimum atomic E-state index is -0.0990. The SMILES string of the molecule is CCCCCCCCCCCCCCC(C)O.Cl.N. The van der Waals surface area contributed by atoms with Gasteiger partial charge in [-0.1, -0.05) is 84.0 Å². The molecule has 0 aliphatic heterocycles. The van der Waals surface area contributed by atoms with Crippen molar-refractivity contribution in [1.29, 1.82) is 0 Å². The lowest BCUT2D eigenvalue weighted by Gasteiger charge is -2.04. The lowest BCUT2D eigenvalue weighted by Crippen LogP contribution is -1.98. The Morgan fingerprint density at radius 3 is 1.32 bits per heavy atom. The number of halogens is 1. The first-order valence-corrected chi connectivity index (χ1v) is 7.95. The summed E-state index contributed by atoms with van der Waals surface area (Å²) in [6.45, 7) is 4.16. The third-order valence-corrected chi connectivity index (χ3v) is 3.48. The lowest BCUT2D eigenvalue weighted by molar-refractivity contribution is 0.180. The molecule has 1 unspecified atom stereocenters. The van der Waals surface area contributed by atoms with Gasteiger partial charge < -0.3 is 11.3 Å². The Labute approximate surface area is 127 Å². The van der Waals surface area contributed by atoms with Crippen LogP contribution in [0.15, 0.2) is 0 Å². The molecule has 0 aromatic carbocycles. The molecule has 4 N–H and O–H groups in total. The number of unbranched alkanes of at least 4 members (excludes halogenated alkanes) is 11. The quantitative estimate of drug-likeness (QED) is 0.407. The molecule has 1 atom stereocenters. The molecule has 19 heavy (non-hydrogen) atoms. The Balaban J connectivity index is -0.00000128. The molecule has 3 heteroatoms. The van der Waals surface area contributed by atoms with Crippen LogP contribution in [0.3, 0.4) is 0 Å². The highest BCUT2D eigenvalue weighted by atomic mass is 35.5. The normalized spacial score (nSPS) is 11.5. The molecular weight excluding hydrogens is 258 g/mol. The standard InChI is InChI=1S/C16H34O.ClH.H3N/c1-3-4-5-6-7-8-9-10-11-12-13-14-15-16(2)17;;/h16-17H,3-15H2,1-2H3;1H;1H3. The van der Waals surface area contributed by atoms with E-state index < -0.39 is 0 Å². The topological polar surface area (TPSA) is 55.2 Å². The van der Waals surface area contributed by atoms with Gasteiger partial charge >= 0.3 is 0 Å². The van der Waals surface area contributed by atoms with E-state index in [0.717, 1.165) is 6.42 Å². The van der Waals surface area contributed by atoms with Crippen molar-refractivity contribution in [1.82, 2.24) is 6.15 Å². The molecule has 0 saturated heterocycles. The molecule has 0 aromatic heterocycles. The van der Waals surface area contributed by atoms with Crippen molar-refractivity contribution in [2.45, 2.75) is 103 Å². The molecule has 0 aliphatic carbocycles. The third kappa shape index (κ3) is 23.7. The van der Waals surface area contributed by atoms with Crippen molar-refractivity contribution in [2.24, 2.45) is 0 Å². The predicted molar refractivity (Wildman–Crippen MR) is 89.6 cm³/mol. The smallest absolute Gasteiger partial charge is 0.0512 e. The maximum Gasteiger partial charge on any atom is 0.0512 e. The van der Waals surface area contributed by atoms with Gasteiger partial charge in [-0.2, -0.15) is 0 Å². The molecule has 0 rings (SSSR count). The minimum Gasteiger partial charge on any atom is -0.393 e. The van der Waals surface area contributed by atoms with E-state index in [9.17, 15) is 0 Å². The van der Waals surface area contributed by atoms with Crippen molar-refractivity contribution < 1.29 is 5.11 Å². The van der Waals surface area contributed by atoms with Crippen LogP contribution in [0.4, 0.5) is 0 Å². The number of hydrogen-bond acceptors (Lipinski definition) is 2. The fourth-order valence-corrected chi connectivity index (χ4v) is 2.28. The second kappa shape index (κ2) is 20.5. The zero-order valence-electron chi connectivity index (χ0n) is 13.3. The van der Waals surface area contributed by atoms with Crippen molar-refractivity contribution >= 4 is 12.4 Å². The van der Waals surface area contributed by atoms with Gasteiger partial charge in [-0.3, -0.25) is 0 Å². The summed E-state index contributed by atoms with van der Waals surface area (Å²) in [5, 5.41) is 9.11. The highest BCUT2D eigenvalue weighted by molar-refractivity contribution is 5.85. The van der Waals surface area contributed by atoms with Crippen LogP contribution in [0.25, 0.3) is 0 Å². The first kappa shape index (κ1) is 24.2. The summed E-state index contributed by atoms with van der Waals surface area (Å²) in [5.41, 5.74) is 0.